The number of rotatable bonds is 6. The molecule has 1 unspecified atom stereocenters. The zero-order chi connectivity index (χ0) is 14.6. The van der Waals surface area contributed by atoms with Gasteiger partial charge in [0.25, 0.3) is 0 Å². The molecule has 0 aliphatic carbocycles. The third-order valence-electron chi connectivity index (χ3n) is 2.85. The number of hydrazine groups is 1. The van der Waals surface area contributed by atoms with Crippen molar-refractivity contribution in [1.29, 1.82) is 0 Å². The van der Waals surface area contributed by atoms with Crippen LogP contribution in [0.3, 0.4) is 0 Å². The summed E-state index contributed by atoms with van der Waals surface area (Å²) in [5.41, 5.74) is 3.82. The van der Waals surface area contributed by atoms with Crippen LogP contribution in [0.2, 0.25) is 0 Å². The van der Waals surface area contributed by atoms with E-state index in [4.69, 9.17) is 5.84 Å². The molecule has 0 amide bonds. The smallest absolute Gasteiger partial charge is 0.271 e. The Balaban J connectivity index is 2.93. The summed E-state index contributed by atoms with van der Waals surface area (Å²) in [7, 11) is 0. The van der Waals surface area contributed by atoms with Gasteiger partial charge in [-0.25, -0.2) is 0 Å². The number of hydrogen-bond acceptors (Lipinski definition) is 3. The maximum atomic E-state index is 12.4. The summed E-state index contributed by atoms with van der Waals surface area (Å²) in [6.45, 7) is 4.46. The van der Waals surface area contributed by atoms with E-state index in [0.29, 0.717) is 6.54 Å². The van der Waals surface area contributed by atoms with E-state index in [1.807, 2.05) is 13.8 Å². The molecule has 0 aromatic carbocycles. The molecule has 1 rings (SSSR count). The maximum absolute atomic E-state index is 12.4. The van der Waals surface area contributed by atoms with Crippen molar-refractivity contribution in [2.24, 2.45) is 5.84 Å². The second-order valence-electron chi connectivity index (χ2n) is 4.26. The summed E-state index contributed by atoms with van der Waals surface area (Å²) < 4.78 is 39.7. The summed E-state index contributed by atoms with van der Waals surface area (Å²) in [5, 5.41) is 4.35. The van der Waals surface area contributed by atoms with Crippen molar-refractivity contribution in [3.63, 3.8) is 0 Å². The van der Waals surface area contributed by atoms with Gasteiger partial charge in [0.2, 0.25) is 0 Å². The van der Waals surface area contributed by atoms with Crippen molar-refractivity contribution >= 4 is 15.9 Å². The second-order valence-corrected chi connectivity index (χ2v) is 5.06. The molecule has 4 nitrogen and oxygen atoms in total. The topological polar surface area (TPSA) is 55.9 Å². The number of nitrogens with two attached hydrogens (primary N) is 1. The summed E-state index contributed by atoms with van der Waals surface area (Å²) in [4.78, 5) is 0. The molecular weight excluding hydrogens is 325 g/mol. The Morgan fingerprint density at radius 2 is 2.05 bits per heavy atom. The lowest BCUT2D eigenvalue weighted by atomic mass is 10.1. The van der Waals surface area contributed by atoms with E-state index < -0.39 is 18.6 Å². The normalized spacial score (nSPS) is 13.8. The first-order chi connectivity index (χ1) is 8.82. The average Bonchev–Trinajstić information content (AvgIpc) is 2.63. The number of alkyl halides is 3. The maximum Gasteiger partial charge on any atom is 0.390 e. The van der Waals surface area contributed by atoms with Crippen LogP contribution in [0.5, 0.6) is 0 Å². The van der Waals surface area contributed by atoms with Crippen LogP contribution in [0.4, 0.5) is 13.2 Å². The van der Waals surface area contributed by atoms with Crippen LogP contribution in [0.15, 0.2) is 4.47 Å². The third kappa shape index (κ3) is 4.47. The van der Waals surface area contributed by atoms with Gasteiger partial charge in [0.15, 0.2) is 0 Å². The van der Waals surface area contributed by atoms with Gasteiger partial charge >= 0.3 is 6.18 Å². The van der Waals surface area contributed by atoms with Crippen LogP contribution in [0, 0.1) is 0 Å². The van der Waals surface area contributed by atoms with Gasteiger partial charge in [-0.3, -0.25) is 16.0 Å². The zero-order valence-electron chi connectivity index (χ0n) is 10.9. The highest BCUT2D eigenvalue weighted by Crippen LogP contribution is 2.27. The van der Waals surface area contributed by atoms with Crippen molar-refractivity contribution in [2.75, 3.05) is 0 Å². The molecule has 0 radical (unpaired) electrons. The molecule has 0 saturated heterocycles. The molecule has 1 aromatic heterocycles. The van der Waals surface area contributed by atoms with Gasteiger partial charge in [-0.15, -0.1) is 0 Å². The van der Waals surface area contributed by atoms with E-state index in [9.17, 15) is 13.2 Å². The Morgan fingerprint density at radius 1 is 1.42 bits per heavy atom. The average molecular weight is 343 g/mol. The van der Waals surface area contributed by atoms with Crippen molar-refractivity contribution in [3.05, 3.63) is 15.9 Å². The van der Waals surface area contributed by atoms with E-state index in [-0.39, 0.29) is 6.42 Å². The molecule has 1 atom stereocenters. The summed E-state index contributed by atoms with van der Waals surface area (Å²) in [6, 6.07) is -0.858. The van der Waals surface area contributed by atoms with E-state index in [1.165, 1.54) is 0 Å². The first kappa shape index (κ1) is 16.5. The number of halogens is 4. The molecule has 0 fully saturated rings. The summed E-state index contributed by atoms with van der Waals surface area (Å²) >= 11 is 3.41. The lowest BCUT2D eigenvalue weighted by molar-refractivity contribution is -0.140. The molecule has 0 aliphatic rings. The number of nitrogens with one attached hydrogen (secondary N) is 1. The van der Waals surface area contributed by atoms with Gasteiger partial charge in [-0.2, -0.15) is 18.3 Å². The predicted octanol–water partition coefficient (Wildman–Crippen LogP) is 2.55. The van der Waals surface area contributed by atoms with Crippen molar-refractivity contribution in [3.8, 4) is 0 Å². The Hall–Kier alpha value is -0.600. The van der Waals surface area contributed by atoms with Gasteiger partial charge in [0.05, 0.1) is 22.3 Å². The predicted molar refractivity (Wildman–Crippen MR) is 70.5 cm³/mol. The highest BCUT2D eigenvalue weighted by molar-refractivity contribution is 9.10. The molecule has 3 N–H and O–H groups in total. The lowest BCUT2D eigenvalue weighted by Crippen LogP contribution is -2.40. The molecule has 0 aliphatic heterocycles. The fourth-order valence-electron chi connectivity index (χ4n) is 1.92. The van der Waals surface area contributed by atoms with Crippen LogP contribution in [0.1, 0.15) is 31.7 Å². The molecule has 19 heavy (non-hydrogen) atoms. The molecular formula is C11H18BrF3N4. The van der Waals surface area contributed by atoms with Crippen LogP contribution >= 0.6 is 15.9 Å². The van der Waals surface area contributed by atoms with Crippen molar-refractivity contribution in [2.45, 2.75) is 51.9 Å². The minimum atomic E-state index is -4.24. The van der Waals surface area contributed by atoms with Crippen LogP contribution < -0.4 is 11.3 Å². The minimum absolute atomic E-state index is 0.178. The van der Waals surface area contributed by atoms with E-state index in [2.05, 4.69) is 26.5 Å². The molecule has 0 saturated carbocycles. The number of aryl methyl sites for hydroxylation is 2. The quantitative estimate of drug-likeness (QED) is 0.617. The molecule has 0 bridgehead atoms. The molecule has 1 aromatic rings. The first-order valence-electron chi connectivity index (χ1n) is 6.09. The van der Waals surface area contributed by atoms with Crippen LogP contribution in [-0.4, -0.2) is 22.0 Å². The van der Waals surface area contributed by atoms with Crippen molar-refractivity contribution < 1.29 is 13.2 Å². The molecule has 1 heterocycles. The SMILES string of the molecule is CCc1nn(CC)c(CC(CC(F)(F)F)NN)c1Br. The Bertz CT molecular complexity index is 417. The minimum Gasteiger partial charge on any atom is -0.271 e. The first-order valence-corrected chi connectivity index (χ1v) is 6.88. The third-order valence-corrected chi connectivity index (χ3v) is 3.76. The molecule has 8 heteroatoms. The number of nitrogens with zero attached hydrogens (tertiary/aromatic N) is 2. The van der Waals surface area contributed by atoms with Gasteiger partial charge in [0.1, 0.15) is 0 Å². The standard InChI is InChI=1S/C11H18BrF3N4/c1-3-8-10(12)9(19(4-2)18-8)5-7(17-16)6-11(13,14)15/h7,17H,3-6,16H2,1-2H3. The highest BCUT2D eigenvalue weighted by Gasteiger charge is 2.32. The lowest BCUT2D eigenvalue weighted by Gasteiger charge is -2.18. The fourth-order valence-corrected chi connectivity index (χ4v) is 2.64. The summed E-state index contributed by atoms with van der Waals surface area (Å²) in [5.74, 6) is 5.21. The highest BCUT2D eigenvalue weighted by atomic mass is 79.9. The number of hydrogen-bond donors (Lipinski definition) is 2. The Labute approximate surface area is 118 Å². The van der Waals surface area contributed by atoms with Gasteiger partial charge in [-0.05, 0) is 29.3 Å². The van der Waals surface area contributed by atoms with Crippen LogP contribution in [-0.2, 0) is 19.4 Å². The monoisotopic (exact) mass is 342 g/mol. The second kappa shape index (κ2) is 6.71. The summed E-state index contributed by atoms with van der Waals surface area (Å²) in [6.07, 6.45) is -4.31. The van der Waals surface area contributed by atoms with E-state index in [0.717, 1.165) is 22.3 Å². The largest absolute Gasteiger partial charge is 0.390 e. The van der Waals surface area contributed by atoms with Crippen LogP contribution in [0.25, 0.3) is 0 Å². The zero-order valence-corrected chi connectivity index (χ0v) is 12.5. The molecule has 0 spiro atoms. The van der Waals surface area contributed by atoms with E-state index in [1.54, 1.807) is 4.68 Å². The number of aromatic nitrogens is 2. The van der Waals surface area contributed by atoms with Gasteiger partial charge < -0.3 is 0 Å². The fraction of sp³-hybridized carbons (Fsp3) is 0.727. The van der Waals surface area contributed by atoms with E-state index >= 15 is 0 Å². The van der Waals surface area contributed by atoms with Crippen molar-refractivity contribution in [1.82, 2.24) is 15.2 Å². The molecule has 110 valence electrons. The van der Waals surface area contributed by atoms with Gasteiger partial charge in [0, 0.05) is 19.0 Å². The van der Waals surface area contributed by atoms with Gasteiger partial charge in [-0.1, -0.05) is 6.92 Å². The Kier molecular flexibility index (Phi) is 5.82. The Morgan fingerprint density at radius 3 is 2.47 bits per heavy atom.